The van der Waals surface area contributed by atoms with Crippen molar-refractivity contribution in [3.05, 3.63) is 28.2 Å². The molecular formula is C17H26BrIN4O2. The summed E-state index contributed by atoms with van der Waals surface area (Å²) in [5.41, 5.74) is 1.65. The van der Waals surface area contributed by atoms with E-state index < -0.39 is 0 Å². The van der Waals surface area contributed by atoms with Crippen LogP contribution in [0.4, 0.5) is 5.69 Å². The zero-order valence-electron chi connectivity index (χ0n) is 14.8. The third-order valence-electron chi connectivity index (χ3n) is 4.04. The van der Waals surface area contributed by atoms with Crippen molar-refractivity contribution < 1.29 is 9.53 Å². The van der Waals surface area contributed by atoms with E-state index >= 15 is 0 Å². The van der Waals surface area contributed by atoms with E-state index in [9.17, 15) is 4.79 Å². The summed E-state index contributed by atoms with van der Waals surface area (Å²) in [6, 6.07) is 5.79. The van der Waals surface area contributed by atoms with Crippen LogP contribution in [0.15, 0.2) is 27.7 Å². The van der Waals surface area contributed by atoms with E-state index in [4.69, 9.17) is 4.74 Å². The molecule has 1 saturated heterocycles. The van der Waals surface area contributed by atoms with Gasteiger partial charge < -0.3 is 20.7 Å². The molecule has 0 bridgehead atoms. The molecule has 0 radical (unpaired) electrons. The van der Waals surface area contributed by atoms with Crippen LogP contribution in [-0.2, 0) is 9.53 Å². The largest absolute Gasteiger partial charge is 0.373 e. The minimum Gasteiger partial charge on any atom is -0.373 e. The molecule has 1 aromatic rings. The molecule has 1 heterocycles. The van der Waals surface area contributed by atoms with E-state index in [1.54, 1.807) is 7.05 Å². The summed E-state index contributed by atoms with van der Waals surface area (Å²) in [7, 11) is 1.68. The monoisotopic (exact) mass is 524 g/mol. The first-order valence-electron chi connectivity index (χ1n) is 8.06. The van der Waals surface area contributed by atoms with Gasteiger partial charge in [0.15, 0.2) is 5.96 Å². The number of carbonyl (C=O) groups is 1. The third-order valence-corrected chi connectivity index (χ3v) is 4.54. The summed E-state index contributed by atoms with van der Waals surface area (Å²) < 4.78 is 6.66. The third kappa shape index (κ3) is 7.10. The Balaban J connectivity index is 0.00000312. The number of hydrogen-bond donors (Lipinski definition) is 3. The molecule has 1 unspecified atom stereocenters. The molecule has 8 heteroatoms. The molecule has 25 heavy (non-hydrogen) atoms. The number of hydrogen-bond acceptors (Lipinski definition) is 3. The summed E-state index contributed by atoms with van der Waals surface area (Å²) >= 11 is 3.41. The molecule has 0 aromatic heterocycles. The first-order chi connectivity index (χ1) is 11.4. The van der Waals surface area contributed by atoms with Crippen molar-refractivity contribution in [3.8, 4) is 0 Å². The van der Waals surface area contributed by atoms with Crippen molar-refractivity contribution in [2.24, 2.45) is 4.99 Å². The number of aliphatic imine (C=N–C) groups is 1. The maximum Gasteiger partial charge on any atom is 0.243 e. The van der Waals surface area contributed by atoms with E-state index in [0.717, 1.165) is 35.2 Å². The van der Waals surface area contributed by atoms with Gasteiger partial charge in [-0.2, -0.15) is 0 Å². The standard InChI is InChI=1S/C17H25BrN4O2.HI/c1-12-5-6-13(18)9-14(12)22-15(23)10-20-16(19-3)21-11-17(2)7-4-8-24-17;/h5-6,9H,4,7-8,10-11H2,1-3H3,(H,22,23)(H2,19,20,21);1H. The van der Waals surface area contributed by atoms with Gasteiger partial charge in [0.1, 0.15) is 0 Å². The zero-order chi connectivity index (χ0) is 17.6. The maximum atomic E-state index is 12.1. The molecule has 0 saturated carbocycles. The molecule has 0 aliphatic carbocycles. The van der Waals surface area contributed by atoms with E-state index in [0.29, 0.717) is 12.5 Å². The predicted octanol–water partition coefficient (Wildman–Crippen LogP) is 3.05. The zero-order valence-corrected chi connectivity index (χ0v) is 18.7. The van der Waals surface area contributed by atoms with Gasteiger partial charge in [-0.1, -0.05) is 22.0 Å². The molecule has 140 valence electrons. The van der Waals surface area contributed by atoms with Gasteiger partial charge >= 0.3 is 0 Å². The lowest BCUT2D eigenvalue weighted by Gasteiger charge is -2.24. The van der Waals surface area contributed by atoms with Crippen LogP contribution in [0.2, 0.25) is 0 Å². The Hall–Kier alpha value is -0.870. The molecule has 1 aromatic carbocycles. The van der Waals surface area contributed by atoms with Gasteiger partial charge in [0.25, 0.3) is 0 Å². The average molecular weight is 525 g/mol. The molecule has 1 aliphatic heterocycles. The molecule has 1 atom stereocenters. The van der Waals surface area contributed by atoms with Gasteiger partial charge in [0.2, 0.25) is 5.91 Å². The Morgan fingerprint density at radius 1 is 1.40 bits per heavy atom. The quantitative estimate of drug-likeness (QED) is 0.314. The van der Waals surface area contributed by atoms with Crippen LogP contribution in [0.3, 0.4) is 0 Å². The summed E-state index contributed by atoms with van der Waals surface area (Å²) in [6.45, 7) is 5.65. The minimum absolute atomic E-state index is 0. The normalized spacial score (nSPS) is 19.9. The summed E-state index contributed by atoms with van der Waals surface area (Å²) in [5, 5.41) is 9.14. The highest BCUT2D eigenvalue weighted by Crippen LogP contribution is 2.23. The van der Waals surface area contributed by atoms with Gasteiger partial charge in [-0.05, 0) is 44.4 Å². The SMILES string of the molecule is CN=C(NCC(=O)Nc1cc(Br)ccc1C)NCC1(C)CCCO1.I. The Morgan fingerprint density at radius 2 is 2.16 bits per heavy atom. The Labute approximate surface area is 174 Å². The van der Waals surface area contributed by atoms with Crippen LogP contribution in [0.25, 0.3) is 0 Å². The van der Waals surface area contributed by atoms with Crippen molar-refractivity contribution >= 4 is 57.5 Å². The second-order valence-corrected chi connectivity index (χ2v) is 7.10. The second kappa shape index (κ2) is 10.3. The Bertz CT molecular complexity index is 619. The molecule has 0 spiro atoms. The van der Waals surface area contributed by atoms with Crippen LogP contribution in [0, 0.1) is 6.92 Å². The fourth-order valence-electron chi connectivity index (χ4n) is 2.55. The van der Waals surface area contributed by atoms with Crippen molar-refractivity contribution in [3.63, 3.8) is 0 Å². The van der Waals surface area contributed by atoms with Crippen molar-refractivity contribution in [1.29, 1.82) is 0 Å². The van der Waals surface area contributed by atoms with Crippen molar-refractivity contribution in [1.82, 2.24) is 10.6 Å². The number of amides is 1. The number of nitrogens with zero attached hydrogens (tertiary/aromatic N) is 1. The lowest BCUT2D eigenvalue weighted by Crippen LogP contribution is -2.47. The lowest BCUT2D eigenvalue weighted by molar-refractivity contribution is -0.115. The Morgan fingerprint density at radius 3 is 2.80 bits per heavy atom. The number of carbonyl (C=O) groups excluding carboxylic acids is 1. The van der Waals surface area contributed by atoms with E-state index in [-0.39, 0.29) is 42.0 Å². The van der Waals surface area contributed by atoms with Crippen LogP contribution >= 0.6 is 39.9 Å². The lowest BCUT2D eigenvalue weighted by atomic mass is 10.0. The highest BCUT2D eigenvalue weighted by Gasteiger charge is 2.29. The number of halogens is 2. The molecule has 2 rings (SSSR count). The molecule has 1 aliphatic rings. The van der Waals surface area contributed by atoms with E-state index in [1.807, 2.05) is 25.1 Å². The Kier molecular flexibility index (Phi) is 9.15. The van der Waals surface area contributed by atoms with Gasteiger partial charge in [-0.3, -0.25) is 9.79 Å². The molecule has 3 N–H and O–H groups in total. The second-order valence-electron chi connectivity index (χ2n) is 6.19. The molecule has 6 nitrogen and oxygen atoms in total. The number of nitrogens with one attached hydrogen (secondary N) is 3. The number of aryl methyl sites for hydroxylation is 1. The van der Waals surface area contributed by atoms with Crippen LogP contribution in [0.5, 0.6) is 0 Å². The number of guanidine groups is 1. The summed E-state index contributed by atoms with van der Waals surface area (Å²) in [4.78, 5) is 16.3. The molecule has 1 fully saturated rings. The van der Waals surface area contributed by atoms with Crippen LogP contribution in [0.1, 0.15) is 25.3 Å². The molecular weight excluding hydrogens is 499 g/mol. The van der Waals surface area contributed by atoms with Gasteiger partial charge in [0.05, 0.1) is 12.1 Å². The number of rotatable bonds is 5. The number of anilines is 1. The van der Waals surface area contributed by atoms with E-state index in [2.05, 4.69) is 43.8 Å². The highest BCUT2D eigenvalue weighted by atomic mass is 127. The number of ether oxygens (including phenoxy) is 1. The summed E-state index contributed by atoms with van der Waals surface area (Å²) in [5.74, 6) is 0.468. The fourth-order valence-corrected chi connectivity index (χ4v) is 2.92. The van der Waals surface area contributed by atoms with Gasteiger partial charge in [-0.15, -0.1) is 24.0 Å². The van der Waals surface area contributed by atoms with Crippen molar-refractivity contribution in [2.45, 2.75) is 32.3 Å². The smallest absolute Gasteiger partial charge is 0.243 e. The van der Waals surface area contributed by atoms with Gasteiger partial charge in [0, 0.05) is 30.4 Å². The predicted molar refractivity (Wildman–Crippen MR) is 116 cm³/mol. The van der Waals surface area contributed by atoms with Gasteiger partial charge in [-0.25, -0.2) is 0 Å². The number of benzene rings is 1. The van der Waals surface area contributed by atoms with Crippen LogP contribution in [-0.4, -0.2) is 44.2 Å². The molecule has 1 amide bonds. The maximum absolute atomic E-state index is 12.1. The first-order valence-corrected chi connectivity index (χ1v) is 8.86. The average Bonchev–Trinajstić information content (AvgIpc) is 2.98. The topological polar surface area (TPSA) is 74.8 Å². The minimum atomic E-state index is -0.159. The first kappa shape index (κ1) is 22.2. The summed E-state index contributed by atoms with van der Waals surface area (Å²) in [6.07, 6.45) is 2.11. The fraction of sp³-hybridized carbons (Fsp3) is 0.529. The van der Waals surface area contributed by atoms with Crippen molar-refractivity contribution in [2.75, 3.05) is 32.1 Å². The van der Waals surface area contributed by atoms with E-state index in [1.165, 1.54) is 0 Å². The highest BCUT2D eigenvalue weighted by molar-refractivity contribution is 14.0. The van der Waals surface area contributed by atoms with Crippen LogP contribution < -0.4 is 16.0 Å².